The molecule has 2 bridgehead atoms. The molecule has 0 aromatic rings. The second-order valence-corrected chi connectivity index (χ2v) is 5.38. The first-order chi connectivity index (χ1) is 5.54. The molecule has 0 saturated heterocycles. The van der Waals surface area contributed by atoms with Gasteiger partial charge in [-0.25, -0.2) is 0 Å². The molecule has 0 aromatic heterocycles. The molecule has 1 nitrogen and oxygen atoms in total. The van der Waals surface area contributed by atoms with Crippen molar-refractivity contribution in [2.75, 3.05) is 5.75 Å². The van der Waals surface area contributed by atoms with E-state index in [1.807, 2.05) is 0 Å². The Kier molecular flexibility index (Phi) is 1.79. The maximum Gasteiger partial charge on any atom is 0.160 e. The first-order valence-electron chi connectivity index (χ1n) is 4.86. The lowest BCUT2D eigenvalue weighted by Gasteiger charge is -2.36. The molecule has 2 fully saturated rings. The van der Waals surface area contributed by atoms with Gasteiger partial charge in [0.2, 0.25) is 0 Å². The highest BCUT2D eigenvalue weighted by atomic mass is 32.1. The van der Waals surface area contributed by atoms with E-state index in [4.69, 9.17) is 5.11 Å². The van der Waals surface area contributed by atoms with Crippen LogP contribution in [-0.4, -0.2) is 17.0 Å². The largest absolute Gasteiger partial charge is 0.443 e. The lowest BCUT2D eigenvalue weighted by Crippen LogP contribution is -2.40. The zero-order chi connectivity index (χ0) is 8.98. The van der Waals surface area contributed by atoms with Crippen LogP contribution in [0.25, 0.3) is 0 Å². The minimum absolute atomic E-state index is 0.156. The number of thiol groups is 1. The van der Waals surface area contributed by atoms with E-state index in [1.54, 1.807) is 0 Å². The van der Waals surface area contributed by atoms with Crippen LogP contribution in [0.1, 0.15) is 33.1 Å². The molecule has 70 valence electrons. The first kappa shape index (κ1) is 8.89. The summed E-state index contributed by atoms with van der Waals surface area (Å²) in [5, 5.41) is 8.07. The summed E-state index contributed by atoms with van der Waals surface area (Å²) in [4.78, 5) is 0. The van der Waals surface area contributed by atoms with Gasteiger partial charge in [0, 0.05) is 12.2 Å². The van der Waals surface area contributed by atoms with Gasteiger partial charge in [0.1, 0.15) is 0 Å². The van der Waals surface area contributed by atoms with Gasteiger partial charge in [0.25, 0.3) is 0 Å². The van der Waals surface area contributed by atoms with Gasteiger partial charge in [-0.15, -0.1) is 0 Å². The normalized spacial score (nSPS) is 50.0. The highest BCUT2D eigenvalue weighted by Gasteiger charge is 2.65. The van der Waals surface area contributed by atoms with Gasteiger partial charge in [-0.05, 0) is 24.2 Å². The molecule has 0 radical (unpaired) electrons. The van der Waals surface area contributed by atoms with Crippen molar-refractivity contribution < 1.29 is 5.11 Å². The molecule has 2 saturated carbocycles. The number of hydrogen-bond acceptors (Lipinski definition) is 1. The molecular formula is C10H19OS+. The quantitative estimate of drug-likeness (QED) is 0.478. The predicted molar refractivity (Wildman–Crippen MR) is 54.8 cm³/mol. The van der Waals surface area contributed by atoms with Crippen molar-refractivity contribution in [2.24, 2.45) is 16.7 Å². The van der Waals surface area contributed by atoms with Crippen LogP contribution in [0.15, 0.2) is 0 Å². The molecule has 0 spiro atoms. The molecule has 2 aliphatic rings. The van der Waals surface area contributed by atoms with Gasteiger partial charge in [0.15, 0.2) is 6.10 Å². The van der Waals surface area contributed by atoms with Crippen LogP contribution >= 0.6 is 12.6 Å². The van der Waals surface area contributed by atoms with Crippen LogP contribution in [0.2, 0.25) is 0 Å². The Morgan fingerprint density at radius 3 is 2.42 bits per heavy atom. The van der Waals surface area contributed by atoms with E-state index in [1.165, 1.54) is 12.8 Å². The minimum Gasteiger partial charge on any atom is -0.443 e. The second-order valence-electron chi connectivity index (χ2n) is 5.06. The summed E-state index contributed by atoms with van der Waals surface area (Å²) in [6.45, 7) is 4.69. The van der Waals surface area contributed by atoms with Crippen molar-refractivity contribution in [1.82, 2.24) is 0 Å². The lowest BCUT2D eigenvalue weighted by molar-refractivity contribution is 0.0171. The molecule has 2 N–H and O–H groups in total. The summed E-state index contributed by atoms with van der Waals surface area (Å²) in [6.07, 6.45) is 3.85. The van der Waals surface area contributed by atoms with Gasteiger partial charge in [-0.1, -0.05) is 13.8 Å². The Morgan fingerprint density at radius 1 is 1.50 bits per heavy atom. The number of fused-ring (bicyclic) bond motifs is 2. The van der Waals surface area contributed by atoms with E-state index < -0.39 is 0 Å². The van der Waals surface area contributed by atoms with Crippen LogP contribution in [0.3, 0.4) is 0 Å². The van der Waals surface area contributed by atoms with Gasteiger partial charge in [0.05, 0.1) is 5.41 Å². The average molecular weight is 187 g/mol. The van der Waals surface area contributed by atoms with E-state index in [2.05, 4.69) is 26.5 Å². The third-order valence-corrected chi connectivity index (χ3v) is 5.28. The maximum atomic E-state index is 8.07. The standard InChI is InChI=1S/C10H18OS/c1-9(2)7-3-4-10(9,6-12)8(11)5-7/h7-8,11-12H,3-6H2,1-2H3/p+1. The zero-order valence-electron chi connectivity index (χ0n) is 7.93. The number of hydrogen-bond donors (Lipinski definition) is 1. The molecule has 2 rings (SSSR count). The zero-order valence-corrected chi connectivity index (χ0v) is 8.82. The molecular weight excluding hydrogens is 168 g/mol. The fourth-order valence-electron chi connectivity index (χ4n) is 3.46. The molecule has 0 aromatic carbocycles. The third kappa shape index (κ3) is 0.759. The van der Waals surface area contributed by atoms with Crippen molar-refractivity contribution in [1.29, 1.82) is 0 Å². The van der Waals surface area contributed by atoms with Crippen LogP contribution in [-0.2, 0) is 0 Å². The van der Waals surface area contributed by atoms with E-state index in [0.717, 1.165) is 18.1 Å². The highest BCUT2D eigenvalue weighted by molar-refractivity contribution is 7.80. The van der Waals surface area contributed by atoms with Gasteiger partial charge >= 0.3 is 0 Å². The first-order valence-corrected chi connectivity index (χ1v) is 5.50. The van der Waals surface area contributed by atoms with E-state index in [0.29, 0.717) is 5.41 Å². The Morgan fingerprint density at radius 2 is 2.17 bits per heavy atom. The summed E-state index contributed by atoms with van der Waals surface area (Å²) in [5.41, 5.74) is 0.613. The summed E-state index contributed by atoms with van der Waals surface area (Å²) < 4.78 is 0. The lowest BCUT2D eigenvalue weighted by atomic mass is 9.70. The summed E-state index contributed by atoms with van der Waals surface area (Å²) in [5.74, 6) is 1.71. The summed E-state index contributed by atoms with van der Waals surface area (Å²) in [7, 11) is 0. The van der Waals surface area contributed by atoms with E-state index in [9.17, 15) is 0 Å². The van der Waals surface area contributed by atoms with Crippen LogP contribution < -0.4 is 0 Å². The maximum absolute atomic E-state index is 8.07. The van der Waals surface area contributed by atoms with Crippen molar-refractivity contribution in [3.63, 3.8) is 0 Å². The predicted octanol–water partition coefficient (Wildman–Crippen LogP) is 1.84. The fraction of sp³-hybridized carbons (Fsp3) is 1.00. The smallest absolute Gasteiger partial charge is 0.160 e. The van der Waals surface area contributed by atoms with Crippen molar-refractivity contribution >= 4 is 12.6 Å². The van der Waals surface area contributed by atoms with Gasteiger partial charge in [-0.3, -0.25) is 0 Å². The molecule has 3 unspecified atom stereocenters. The molecule has 0 heterocycles. The fourth-order valence-corrected chi connectivity index (χ4v) is 4.25. The van der Waals surface area contributed by atoms with Crippen LogP contribution in [0.5, 0.6) is 0 Å². The average Bonchev–Trinajstić information content (AvgIpc) is 2.36. The third-order valence-electron chi connectivity index (χ3n) is 4.71. The number of rotatable bonds is 1. The SMILES string of the molecule is CC1(C)C2CCC1(CS)C([OH2+])C2. The monoisotopic (exact) mass is 187 g/mol. The second kappa shape index (κ2) is 2.42. The molecule has 3 atom stereocenters. The Hall–Kier alpha value is 0.310. The van der Waals surface area contributed by atoms with Crippen molar-refractivity contribution in [2.45, 2.75) is 39.2 Å². The van der Waals surface area contributed by atoms with Gasteiger partial charge in [-0.2, -0.15) is 12.6 Å². The van der Waals surface area contributed by atoms with Crippen LogP contribution in [0.4, 0.5) is 0 Å². The van der Waals surface area contributed by atoms with E-state index >= 15 is 0 Å². The Balaban J connectivity index is 2.39. The molecule has 0 amide bonds. The Labute approximate surface area is 80.0 Å². The molecule has 2 heteroatoms. The highest BCUT2D eigenvalue weighted by Crippen LogP contribution is 2.65. The van der Waals surface area contributed by atoms with E-state index in [-0.39, 0.29) is 11.5 Å². The Bertz CT molecular complexity index is 202. The minimum atomic E-state index is 0.156. The van der Waals surface area contributed by atoms with Crippen molar-refractivity contribution in [3.8, 4) is 0 Å². The molecule has 2 aliphatic carbocycles. The van der Waals surface area contributed by atoms with Crippen LogP contribution in [0, 0.1) is 16.7 Å². The molecule has 0 aliphatic heterocycles. The summed E-state index contributed by atoms with van der Waals surface area (Å²) >= 11 is 4.46. The van der Waals surface area contributed by atoms with Crippen molar-refractivity contribution in [3.05, 3.63) is 0 Å². The molecule has 12 heavy (non-hydrogen) atoms. The summed E-state index contributed by atoms with van der Waals surface area (Å²) in [6, 6.07) is 0. The topological polar surface area (TPSA) is 22.9 Å². The van der Waals surface area contributed by atoms with Gasteiger partial charge < -0.3 is 5.11 Å².